The largest absolute Gasteiger partial charge is 0.479 e. The van der Waals surface area contributed by atoms with Gasteiger partial charge in [0, 0.05) is 0 Å². The molecule has 0 bridgehead atoms. The van der Waals surface area contributed by atoms with Crippen LogP contribution in [0.1, 0.15) is 0 Å². The first-order valence-corrected chi connectivity index (χ1v) is 1.78. The third-order valence-corrected chi connectivity index (χ3v) is 0.572. The summed E-state index contributed by atoms with van der Waals surface area (Å²) in [6, 6.07) is 0. The second-order valence-electron chi connectivity index (χ2n) is 0.976. The summed E-state index contributed by atoms with van der Waals surface area (Å²) in [7, 11) is 1.52. The summed E-state index contributed by atoms with van der Waals surface area (Å²) in [5, 5.41) is 6.86. The van der Waals surface area contributed by atoms with E-state index in [1.165, 1.54) is 13.3 Å². The van der Waals surface area contributed by atoms with Crippen LogP contribution >= 0.6 is 0 Å². The van der Waals surface area contributed by atoms with Crippen molar-refractivity contribution in [3.05, 3.63) is 0 Å². The molecule has 0 saturated heterocycles. The predicted octanol–water partition coefficient (Wildman–Crippen LogP) is -0.450. The first-order valence-electron chi connectivity index (χ1n) is 1.78. The molecule has 1 aliphatic rings. The molecule has 1 rings (SSSR count). The van der Waals surface area contributed by atoms with Crippen LogP contribution in [0.3, 0.4) is 0 Å². The number of methoxy groups -OCH3 is 1. The minimum atomic E-state index is 0.458. The zero-order valence-corrected chi connectivity index (χ0v) is 3.83. The van der Waals surface area contributed by atoms with E-state index in [0.29, 0.717) is 5.90 Å². The lowest BCUT2D eigenvalue weighted by atomic mass is 10.7. The van der Waals surface area contributed by atoms with Crippen molar-refractivity contribution in [3.63, 3.8) is 0 Å². The standard InChI is InChI=1S/C3H4N3O/c1-7-3-2-4-6-5-3/h2H,1H3. The van der Waals surface area contributed by atoms with E-state index in [-0.39, 0.29) is 0 Å². The monoisotopic (exact) mass is 98.0 g/mol. The third kappa shape index (κ3) is 0.677. The smallest absolute Gasteiger partial charge is 0.255 e. The van der Waals surface area contributed by atoms with E-state index < -0.39 is 0 Å². The minimum Gasteiger partial charge on any atom is -0.479 e. The van der Waals surface area contributed by atoms with Gasteiger partial charge in [-0.15, -0.1) is 5.10 Å². The molecule has 0 spiro atoms. The summed E-state index contributed by atoms with van der Waals surface area (Å²) in [6.07, 6.45) is 1.44. The van der Waals surface area contributed by atoms with E-state index in [2.05, 4.69) is 20.5 Å². The highest BCUT2D eigenvalue weighted by Crippen LogP contribution is 1.81. The van der Waals surface area contributed by atoms with Crippen molar-refractivity contribution in [2.45, 2.75) is 0 Å². The maximum atomic E-state index is 4.62. The van der Waals surface area contributed by atoms with Gasteiger partial charge >= 0.3 is 0 Å². The number of ether oxygens (including phenoxy) is 1. The van der Waals surface area contributed by atoms with Crippen molar-refractivity contribution in [2.75, 3.05) is 7.11 Å². The van der Waals surface area contributed by atoms with Crippen LogP contribution in [0.15, 0.2) is 10.2 Å². The van der Waals surface area contributed by atoms with E-state index in [4.69, 9.17) is 0 Å². The van der Waals surface area contributed by atoms with E-state index in [1.54, 1.807) is 0 Å². The number of hydrogen-bond donors (Lipinski definition) is 0. The Morgan fingerprint density at radius 2 is 2.57 bits per heavy atom. The Morgan fingerprint density at radius 1 is 1.71 bits per heavy atom. The molecule has 0 N–H and O–H groups in total. The van der Waals surface area contributed by atoms with Gasteiger partial charge < -0.3 is 4.74 Å². The zero-order valence-electron chi connectivity index (χ0n) is 3.83. The number of rotatable bonds is 0. The summed E-state index contributed by atoms with van der Waals surface area (Å²) < 4.78 is 4.62. The molecule has 0 saturated carbocycles. The average molecular weight is 98.1 g/mol. The molecule has 0 amide bonds. The Morgan fingerprint density at radius 3 is 2.86 bits per heavy atom. The highest BCUT2D eigenvalue weighted by Gasteiger charge is 1.97. The van der Waals surface area contributed by atoms with Crippen LogP contribution in [-0.4, -0.2) is 19.2 Å². The molecule has 1 heterocycles. The molecule has 1 radical (unpaired) electrons. The summed E-state index contributed by atoms with van der Waals surface area (Å²) in [4.78, 5) is 0. The quantitative estimate of drug-likeness (QED) is 0.404. The number of hydrogen-bond acceptors (Lipinski definition) is 3. The van der Waals surface area contributed by atoms with Crippen molar-refractivity contribution >= 4 is 12.1 Å². The molecular weight excluding hydrogens is 94.1 g/mol. The van der Waals surface area contributed by atoms with E-state index in [0.717, 1.165) is 0 Å². The van der Waals surface area contributed by atoms with Gasteiger partial charge in [0.1, 0.15) is 6.21 Å². The maximum absolute atomic E-state index is 4.62. The van der Waals surface area contributed by atoms with E-state index in [1.807, 2.05) is 0 Å². The fourth-order valence-electron chi connectivity index (χ4n) is 0.264. The van der Waals surface area contributed by atoms with Gasteiger partial charge in [-0.05, 0) is 5.53 Å². The van der Waals surface area contributed by atoms with Crippen molar-refractivity contribution in [2.24, 2.45) is 10.2 Å². The summed E-state index contributed by atoms with van der Waals surface area (Å²) in [5.74, 6) is 0.458. The Bertz CT molecular complexity index is 117. The van der Waals surface area contributed by atoms with Gasteiger partial charge in [0.2, 0.25) is 0 Å². The fraction of sp³-hybridized carbons (Fsp3) is 0.333. The molecule has 0 atom stereocenters. The highest BCUT2D eigenvalue weighted by atomic mass is 16.5. The SMILES string of the molecule is COC1=N[N]N=C1. The van der Waals surface area contributed by atoms with Crippen molar-refractivity contribution in [3.8, 4) is 0 Å². The predicted molar refractivity (Wildman–Crippen MR) is 25.1 cm³/mol. The molecule has 0 unspecified atom stereocenters. The molecule has 0 aromatic heterocycles. The van der Waals surface area contributed by atoms with Gasteiger partial charge in [-0.2, -0.15) is 0 Å². The molecule has 37 valence electrons. The summed E-state index contributed by atoms with van der Waals surface area (Å²) >= 11 is 0. The van der Waals surface area contributed by atoms with Crippen LogP contribution in [0, 0.1) is 0 Å². The van der Waals surface area contributed by atoms with Crippen molar-refractivity contribution in [1.82, 2.24) is 5.53 Å². The fourth-order valence-corrected chi connectivity index (χ4v) is 0.264. The second-order valence-corrected chi connectivity index (χ2v) is 0.976. The Kier molecular flexibility index (Phi) is 0.934. The molecule has 1 aliphatic heterocycles. The van der Waals surface area contributed by atoms with Crippen LogP contribution in [0.2, 0.25) is 0 Å². The Balaban J connectivity index is 2.52. The molecule has 0 aromatic carbocycles. The van der Waals surface area contributed by atoms with Gasteiger partial charge in [0.15, 0.2) is 0 Å². The van der Waals surface area contributed by atoms with Gasteiger partial charge in [-0.1, -0.05) is 5.10 Å². The van der Waals surface area contributed by atoms with Crippen molar-refractivity contribution < 1.29 is 4.74 Å². The molecule has 0 aliphatic carbocycles. The van der Waals surface area contributed by atoms with Crippen LogP contribution in [0.4, 0.5) is 0 Å². The van der Waals surface area contributed by atoms with Crippen LogP contribution in [0.5, 0.6) is 0 Å². The molecule has 4 heteroatoms. The molecule has 4 nitrogen and oxygen atoms in total. The van der Waals surface area contributed by atoms with Gasteiger partial charge in [0.05, 0.1) is 7.11 Å². The summed E-state index contributed by atoms with van der Waals surface area (Å²) in [6.45, 7) is 0. The van der Waals surface area contributed by atoms with Gasteiger partial charge in [0.25, 0.3) is 5.90 Å². The summed E-state index contributed by atoms with van der Waals surface area (Å²) in [5.41, 5.74) is 3.27. The van der Waals surface area contributed by atoms with Gasteiger partial charge in [-0.3, -0.25) is 0 Å². The number of nitrogens with zero attached hydrogens (tertiary/aromatic N) is 3. The Hall–Kier alpha value is -1.06. The minimum absolute atomic E-state index is 0.458. The molecule has 0 fully saturated rings. The lowest BCUT2D eigenvalue weighted by molar-refractivity contribution is 0.410. The average Bonchev–Trinajstić information content (AvgIpc) is 2.14. The van der Waals surface area contributed by atoms with Crippen LogP contribution in [0.25, 0.3) is 0 Å². The zero-order chi connectivity index (χ0) is 5.11. The first-order chi connectivity index (χ1) is 3.43. The molecular formula is C3H4N3O. The lowest BCUT2D eigenvalue weighted by Gasteiger charge is -1.85. The Labute approximate surface area is 40.9 Å². The molecule has 0 aromatic rings. The van der Waals surface area contributed by atoms with Crippen molar-refractivity contribution in [1.29, 1.82) is 0 Å². The topological polar surface area (TPSA) is 48.0 Å². The third-order valence-electron chi connectivity index (χ3n) is 0.572. The highest BCUT2D eigenvalue weighted by molar-refractivity contribution is 6.26. The first kappa shape index (κ1) is 4.11. The lowest BCUT2D eigenvalue weighted by Crippen LogP contribution is -1.97. The van der Waals surface area contributed by atoms with Crippen LogP contribution < -0.4 is 5.53 Å². The van der Waals surface area contributed by atoms with Crippen LogP contribution in [-0.2, 0) is 4.74 Å². The molecule has 7 heavy (non-hydrogen) atoms. The maximum Gasteiger partial charge on any atom is 0.255 e. The van der Waals surface area contributed by atoms with E-state index in [9.17, 15) is 0 Å². The van der Waals surface area contributed by atoms with Gasteiger partial charge in [-0.25, -0.2) is 0 Å². The normalized spacial score (nSPS) is 15.9. The van der Waals surface area contributed by atoms with E-state index >= 15 is 0 Å². The second kappa shape index (κ2) is 1.59.